The molecule has 1 saturated heterocycles. The van der Waals surface area contributed by atoms with Gasteiger partial charge in [0, 0.05) is 23.6 Å². The highest BCUT2D eigenvalue weighted by Crippen LogP contribution is 2.38. The first-order valence-corrected chi connectivity index (χ1v) is 6.86. The minimum atomic E-state index is 0.0741. The maximum Gasteiger partial charge on any atom is 0.224 e. The molecule has 1 fully saturated rings. The number of fused-ring (bicyclic) bond motifs is 1. The van der Waals surface area contributed by atoms with Crippen LogP contribution in [0.1, 0.15) is 30.9 Å². The molecule has 0 bridgehead atoms. The molecule has 19 heavy (non-hydrogen) atoms. The molecule has 102 valence electrons. The molecule has 4 heteroatoms. The van der Waals surface area contributed by atoms with Gasteiger partial charge in [0.15, 0.2) is 0 Å². The second-order valence-electron chi connectivity index (χ2n) is 5.87. The molecule has 0 saturated carbocycles. The summed E-state index contributed by atoms with van der Waals surface area (Å²) in [4.78, 5) is 11.4. The second kappa shape index (κ2) is 4.62. The average Bonchev–Trinajstić information content (AvgIpc) is 2.33. The molecular formula is C15H20N2O2. The van der Waals surface area contributed by atoms with Crippen LogP contribution >= 0.6 is 0 Å². The molecule has 0 spiro atoms. The molecule has 4 nitrogen and oxygen atoms in total. The molecule has 1 unspecified atom stereocenters. The fourth-order valence-corrected chi connectivity index (χ4v) is 3.08. The van der Waals surface area contributed by atoms with E-state index in [1.54, 1.807) is 0 Å². The van der Waals surface area contributed by atoms with Crippen molar-refractivity contribution in [3.8, 4) is 0 Å². The van der Waals surface area contributed by atoms with Crippen molar-refractivity contribution in [3.63, 3.8) is 0 Å². The molecule has 2 aliphatic rings. The molecule has 3 N–H and O–H groups in total. The largest absolute Gasteiger partial charge is 0.379 e. The van der Waals surface area contributed by atoms with Gasteiger partial charge in [0.25, 0.3) is 0 Å². The summed E-state index contributed by atoms with van der Waals surface area (Å²) in [6.45, 7) is 3.54. The molecule has 1 atom stereocenters. The molecule has 0 radical (unpaired) electrons. The van der Waals surface area contributed by atoms with Crippen molar-refractivity contribution in [3.05, 3.63) is 29.3 Å². The van der Waals surface area contributed by atoms with E-state index in [4.69, 9.17) is 10.5 Å². The number of hydrogen-bond acceptors (Lipinski definition) is 3. The van der Waals surface area contributed by atoms with Crippen LogP contribution in [0.5, 0.6) is 0 Å². The third-order valence-corrected chi connectivity index (χ3v) is 4.08. The van der Waals surface area contributed by atoms with Gasteiger partial charge in [0.2, 0.25) is 5.91 Å². The Morgan fingerprint density at radius 3 is 2.84 bits per heavy atom. The number of rotatable bonds is 3. The van der Waals surface area contributed by atoms with Crippen LogP contribution in [-0.2, 0) is 21.4 Å². The smallest absolute Gasteiger partial charge is 0.224 e. The monoisotopic (exact) mass is 260 g/mol. The Hall–Kier alpha value is -1.39. The molecular weight excluding hydrogens is 240 g/mol. The van der Waals surface area contributed by atoms with Gasteiger partial charge in [-0.2, -0.15) is 0 Å². The normalized spacial score (nSPS) is 22.1. The van der Waals surface area contributed by atoms with E-state index in [0.29, 0.717) is 6.42 Å². The number of carbonyl (C=O) groups is 1. The topological polar surface area (TPSA) is 64.4 Å². The highest BCUT2D eigenvalue weighted by molar-refractivity contribution is 5.93. The van der Waals surface area contributed by atoms with Crippen molar-refractivity contribution < 1.29 is 9.53 Å². The number of nitrogens with two attached hydrogens (primary N) is 1. The van der Waals surface area contributed by atoms with E-state index in [1.165, 1.54) is 11.1 Å². The predicted molar refractivity (Wildman–Crippen MR) is 74.2 cm³/mol. The zero-order valence-corrected chi connectivity index (χ0v) is 11.2. The first kappa shape index (κ1) is 12.6. The summed E-state index contributed by atoms with van der Waals surface area (Å²) in [5, 5.41) is 2.92. The number of hydrogen-bond donors (Lipinski definition) is 2. The van der Waals surface area contributed by atoms with Crippen molar-refractivity contribution in [2.24, 2.45) is 5.73 Å². The second-order valence-corrected chi connectivity index (χ2v) is 5.87. The Kier molecular flexibility index (Phi) is 3.07. The van der Waals surface area contributed by atoms with E-state index in [-0.39, 0.29) is 17.4 Å². The first-order chi connectivity index (χ1) is 9.09. The molecule has 1 aromatic rings. The van der Waals surface area contributed by atoms with Gasteiger partial charge in [-0.25, -0.2) is 0 Å². The van der Waals surface area contributed by atoms with E-state index >= 15 is 0 Å². The lowest BCUT2D eigenvalue weighted by atomic mass is 9.73. The van der Waals surface area contributed by atoms with Crippen molar-refractivity contribution >= 4 is 11.6 Å². The fraction of sp³-hybridized carbons (Fsp3) is 0.533. The number of carbonyl (C=O) groups excluding carboxylic acids is 1. The highest BCUT2D eigenvalue weighted by atomic mass is 16.5. The average molecular weight is 260 g/mol. The molecule has 0 aromatic heterocycles. The van der Waals surface area contributed by atoms with Crippen LogP contribution in [0.15, 0.2) is 18.2 Å². The van der Waals surface area contributed by atoms with E-state index in [0.717, 1.165) is 31.7 Å². The van der Waals surface area contributed by atoms with Gasteiger partial charge in [-0.05, 0) is 37.0 Å². The van der Waals surface area contributed by atoms with Gasteiger partial charge in [-0.1, -0.05) is 12.1 Å². The third kappa shape index (κ3) is 2.26. The Labute approximate surface area is 113 Å². The summed E-state index contributed by atoms with van der Waals surface area (Å²) in [7, 11) is 0. The standard InChI is InChI=1S/C15H20N2O2/c1-10(16)7-15(8-19-9-15)12-3-4-13-11(6-12)2-5-14(18)17-13/h3-4,6,10H,2,5,7-9,16H2,1H3,(H,17,18). The summed E-state index contributed by atoms with van der Waals surface area (Å²) < 4.78 is 5.43. The Bertz CT molecular complexity index is 507. The zero-order valence-electron chi connectivity index (χ0n) is 11.2. The van der Waals surface area contributed by atoms with E-state index in [9.17, 15) is 4.79 Å². The summed E-state index contributed by atoms with van der Waals surface area (Å²) in [6.07, 6.45) is 2.34. The fourth-order valence-electron chi connectivity index (χ4n) is 3.08. The van der Waals surface area contributed by atoms with Gasteiger partial charge >= 0.3 is 0 Å². The number of amides is 1. The van der Waals surface area contributed by atoms with Gasteiger partial charge in [0.05, 0.1) is 13.2 Å². The quantitative estimate of drug-likeness (QED) is 0.867. The molecule has 0 aliphatic carbocycles. The number of ether oxygens (including phenoxy) is 1. The molecule has 2 aliphatic heterocycles. The van der Waals surface area contributed by atoms with Gasteiger partial charge in [0.1, 0.15) is 0 Å². The summed E-state index contributed by atoms with van der Waals surface area (Å²) >= 11 is 0. The maximum atomic E-state index is 11.4. The van der Waals surface area contributed by atoms with Crippen LogP contribution < -0.4 is 11.1 Å². The first-order valence-electron chi connectivity index (χ1n) is 6.86. The lowest BCUT2D eigenvalue weighted by Gasteiger charge is -2.43. The van der Waals surface area contributed by atoms with Crippen molar-refractivity contribution in [1.82, 2.24) is 0 Å². The Morgan fingerprint density at radius 1 is 1.42 bits per heavy atom. The third-order valence-electron chi connectivity index (χ3n) is 4.08. The number of aryl methyl sites for hydroxylation is 1. The minimum absolute atomic E-state index is 0.0741. The van der Waals surface area contributed by atoms with Crippen LogP contribution in [0, 0.1) is 0 Å². The van der Waals surface area contributed by atoms with E-state index in [1.807, 2.05) is 13.0 Å². The Morgan fingerprint density at radius 2 is 2.21 bits per heavy atom. The van der Waals surface area contributed by atoms with Crippen LogP contribution in [0.4, 0.5) is 5.69 Å². The SMILES string of the molecule is CC(N)CC1(c2ccc3c(c2)CCC(=O)N3)COC1. The summed E-state index contributed by atoms with van der Waals surface area (Å²) in [5.41, 5.74) is 9.52. The highest BCUT2D eigenvalue weighted by Gasteiger charge is 2.41. The van der Waals surface area contributed by atoms with Crippen LogP contribution in [0.25, 0.3) is 0 Å². The number of benzene rings is 1. The molecule has 3 rings (SSSR count). The maximum absolute atomic E-state index is 11.4. The van der Waals surface area contributed by atoms with Gasteiger partial charge in [-0.3, -0.25) is 4.79 Å². The zero-order chi connectivity index (χ0) is 13.5. The summed E-state index contributed by atoms with van der Waals surface area (Å²) in [5.74, 6) is 0.109. The van der Waals surface area contributed by atoms with Crippen molar-refractivity contribution in [2.45, 2.75) is 37.6 Å². The van der Waals surface area contributed by atoms with Crippen LogP contribution in [0.3, 0.4) is 0 Å². The van der Waals surface area contributed by atoms with E-state index < -0.39 is 0 Å². The number of nitrogens with one attached hydrogen (secondary N) is 1. The molecule has 1 amide bonds. The number of anilines is 1. The molecule has 2 heterocycles. The van der Waals surface area contributed by atoms with E-state index in [2.05, 4.69) is 17.4 Å². The minimum Gasteiger partial charge on any atom is -0.379 e. The molecule has 1 aromatic carbocycles. The van der Waals surface area contributed by atoms with Crippen molar-refractivity contribution in [2.75, 3.05) is 18.5 Å². The predicted octanol–water partition coefficient (Wildman–Crippen LogP) is 1.58. The Balaban J connectivity index is 1.91. The van der Waals surface area contributed by atoms with Crippen LogP contribution in [-0.4, -0.2) is 25.2 Å². The van der Waals surface area contributed by atoms with Gasteiger partial charge in [-0.15, -0.1) is 0 Å². The lowest BCUT2D eigenvalue weighted by molar-refractivity contribution is -0.116. The van der Waals surface area contributed by atoms with Crippen molar-refractivity contribution in [1.29, 1.82) is 0 Å². The van der Waals surface area contributed by atoms with Crippen LogP contribution in [0.2, 0.25) is 0 Å². The lowest BCUT2D eigenvalue weighted by Crippen LogP contribution is -2.49. The van der Waals surface area contributed by atoms with Gasteiger partial charge < -0.3 is 15.8 Å². The summed E-state index contributed by atoms with van der Waals surface area (Å²) in [6, 6.07) is 6.51.